The van der Waals surface area contributed by atoms with Crippen molar-refractivity contribution in [3.05, 3.63) is 51.5 Å². The molecule has 1 N–H and O–H groups in total. The highest BCUT2D eigenvalue weighted by molar-refractivity contribution is 7.11. The Kier molecular flexibility index (Phi) is 5.12. The molecule has 0 aliphatic heterocycles. The Labute approximate surface area is 166 Å². The summed E-state index contributed by atoms with van der Waals surface area (Å²) in [6, 6.07) is 7.96. The van der Waals surface area contributed by atoms with Gasteiger partial charge in [0.25, 0.3) is 0 Å². The van der Waals surface area contributed by atoms with Crippen LogP contribution in [0.5, 0.6) is 5.88 Å². The number of nitrogens with zero attached hydrogens (tertiary/aromatic N) is 6. The summed E-state index contributed by atoms with van der Waals surface area (Å²) >= 11 is 1.26. The van der Waals surface area contributed by atoms with Crippen LogP contribution in [0.25, 0.3) is 0 Å². The maximum atomic E-state index is 8.82. The fraction of sp³-hybridized carbons (Fsp3) is 0.368. The van der Waals surface area contributed by atoms with E-state index in [0.29, 0.717) is 47.5 Å². The quantitative estimate of drug-likeness (QED) is 0.652. The van der Waals surface area contributed by atoms with Gasteiger partial charge in [0.2, 0.25) is 10.9 Å². The molecule has 1 saturated carbocycles. The van der Waals surface area contributed by atoms with E-state index in [1.165, 1.54) is 16.9 Å². The smallest absolute Gasteiger partial charge is 0.218 e. The third kappa shape index (κ3) is 4.40. The first-order chi connectivity index (χ1) is 13.6. The molecule has 0 radical (unpaired) electrons. The highest BCUT2D eigenvalue weighted by Gasteiger charge is 2.40. The Morgan fingerprint density at radius 3 is 2.93 bits per heavy atom. The van der Waals surface area contributed by atoms with E-state index in [4.69, 9.17) is 10.00 Å². The van der Waals surface area contributed by atoms with Gasteiger partial charge in [-0.25, -0.2) is 4.98 Å². The van der Waals surface area contributed by atoms with Gasteiger partial charge < -0.3 is 10.1 Å². The van der Waals surface area contributed by atoms with Gasteiger partial charge in [0.15, 0.2) is 0 Å². The molecule has 8 nitrogen and oxygen atoms in total. The molecule has 142 valence electrons. The number of hydrogen-bond donors (Lipinski definition) is 1. The highest BCUT2D eigenvalue weighted by Crippen LogP contribution is 2.46. The van der Waals surface area contributed by atoms with E-state index >= 15 is 0 Å². The standard InChI is InChI=1S/C19H19N7OS/c1-11-3-4-15(21-8-11)14-5-13(14)10-27-17-6-16(23-12(2)24-17)22-9-19-26-25-18(7-20)28-19/h3-4,6,8,13-14H,5,9-10H2,1-2H3,(H,22,23,24)/t13-,14?/m1/s1. The number of ether oxygens (including phenoxy) is 1. The Morgan fingerprint density at radius 1 is 1.29 bits per heavy atom. The van der Waals surface area contributed by atoms with Crippen LogP contribution in [0.4, 0.5) is 5.82 Å². The molecule has 3 heterocycles. The lowest BCUT2D eigenvalue weighted by Crippen LogP contribution is -2.07. The highest BCUT2D eigenvalue weighted by atomic mass is 32.1. The second kappa shape index (κ2) is 7.86. The molecule has 3 aromatic rings. The van der Waals surface area contributed by atoms with Gasteiger partial charge in [-0.15, -0.1) is 10.2 Å². The molecular formula is C19H19N7OS. The van der Waals surface area contributed by atoms with Crippen LogP contribution in [-0.2, 0) is 6.54 Å². The van der Waals surface area contributed by atoms with Crippen LogP contribution in [0, 0.1) is 31.1 Å². The summed E-state index contributed by atoms with van der Waals surface area (Å²) < 4.78 is 5.91. The average molecular weight is 393 g/mol. The van der Waals surface area contributed by atoms with Gasteiger partial charge in [-0.2, -0.15) is 10.2 Å². The molecule has 2 atom stereocenters. The first-order valence-corrected chi connectivity index (χ1v) is 9.80. The molecular weight excluding hydrogens is 374 g/mol. The van der Waals surface area contributed by atoms with E-state index in [0.717, 1.165) is 17.1 Å². The number of aromatic nitrogens is 5. The van der Waals surface area contributed by atoms with Crippen LogP contribution in [0.15, 0.2) is 24.4 Å². The molecule has 0 saturated heterocycles. The number of nitriles is 1. The molecule has 1 aliphatic carbocycles. The van der Waals surface area contributed by atoms with Crippen LogP contribution in [0.1, 0.15) is 39.4 Å². The number of pyridine rings is 1. The van der Waals surface area contributed by atoms with Crippen molar-refractivity contribution in [2.24, 2.45) is 5.92 Å². The van der Waals surface area contributed by atoms with Gasteiger partial charge in [-0.05, 0) is 31.9 Å². The van der Waals surface area contributed by atoms with Crippen molar-refractivity contribution in [2.75, 3.05) is 11.9 Å². The Bertz CT molecular complexity index is 1010. The Balaban J connectivity index is 1.32. The second-order valence-corrected chi connectivity index (χ2v) is 7.84. The van der Waals surface area contributed by atoms with Gasteiger partial charge in [0.05, 0.1) is 13.2 Å². The minimum absolute atomic E-state index is 0.349. The van der Waals surface area contributed by atoms with E-state index in [-0.39, 0.29) is 0 Å². The minimum atomic E-state index is 0.349. The number of anilines is 1. The topological polar surface area (TPSA) is 110 Å². The van der Waals surface area contributed by atoms with Crippen molar-refractivity contribution in [3.63, 3.8) is 0 Å². The molecule has 0 aromatic carbocycles. The molecule has 0 amide bonds. The van der Waals surface area contributed by atoms with Gasteiger partial charge in [-0.1, -0.05) is 17.4 Å². The van der Waals surface area contributed by atoms with Crippen molar-refractivity contribution in [1.82, 2.24) is 25.1 Å². The fourth-order valence-corrected chi connectivity index (χ4v) is 3.50. The summed E-state index contributed by atoms with van der Waals surface area (Å²) in [7, 11) is 0. The largest absolute Gasteiger partial charge is 0.477 e. The van der Waals surface area contributed by atoms with Crippen molar-refractivity contribution in [3.8, 4) is 11.9 Å². The maximum absolute atomic E-state index is 8.82. The Morgan fingerprint density at radius 2 is 2.18 bits per heavy atom. The first-order valence-electron chi connectivity index (χ1n) is 8.98. The van der Waals surface area contributed by atoms with Gasteiger partial charge in [0.1, 0.15) is 22.7 Å². The van der Waals surface area contributed by atoms with Crippen LogP contribution in [0.3, 0.4) is 0 Å². The summed E-state index contributed by atoms with van der Waals surface area (Å²) in [5, 5.41) is 20.8. The van der Waals surface area contributed by atoms with Crippen molar-refractivity contribution < 1.29 is 4.74 Å². The zero-order chi connectivity index (χ0) is 19.5. The predicted molar refractivity (Wildman–Crippen MR) is 104 cm³/mol. The monoisotopic (exact) mass is 393 g/mol. The predicted octanol–water partition coefficient (Wildman–Crippen LogP) is 3.01. The van der Waals surface area contributed by atoms with E-state index < -0.39 is 0 Å². The minimum Gasteiger partial charge on any atom is -0.477 e. The van der Waals surface area contributed by atoms with Crippen molar-refractivity contribution >= 4 is 17.2 Å². The zero-order valence-corrected chi connectivity index (χ0v) is 16.4. The van der Waals surface area contributed by atoms with Crippen molar-refractivity contribution in [2.45, 2.75) is 32.7 Å². The zero-order valence-electron chi connectivity index (χ0n) is 15.6. The summed E-state index contributed by atoms with van der Waals surface area (Å²) in [4.78, 5) is 13.2. The van der Waals surface area contributed by atoms with E-state index in [2.05, 4.69) is 42.6 Å². The Hall–Kier alpha value is -3.12. The normalized spacial score (nSPS) is 17.8. The SMILES string of the molecule is Cc1ccc(C2C[C@@H]2COc2cc(NCc3nnc(C#N)s3)nc(C)n2)nc1. The molecule has 1 aliphatic rings. The molecule has 3 aromatic heterocycles. The molecule has 1 unspecified atom stereocenters. The van der Waals surface area contributed by atoms with Crippen LogP contribution < -0.4 is 10.1 Å². The van der Waals surface area contributed by atoms with E-state index in [9.17, 15) is 0 Å². The van der Waals surface area contributed by atoms with Crippen LogP contribution in [0.2, 0.25) is 0 Å². The first kappa shape index (κ1) is 18.3. The number of hydrogen-bond acceptors (Lipinski definition) is 9. The third-order valence-electron chi connectivity index (χ3n) is 4.48. The van der Waals surface area contributed by atoms with Gasteiger partial charge in [0, 0.05) is 29.8 Å². The second-order valence-electron chi connectivity index (χ2n) is 6.78. The lowest BCUT2D eigenvalue weighted by atomic mass is 10.2. The number of aryl methyl sites for hydroxylation is 2. The lowest BCUT2D eigenvalue weighted by molar-refractivity contribution is 0.284. The summed E-state index contributed by atoms with van der Waals surface area (Å²) in [5.74, 6) is 2.76. The molecule has 1 fully saturated rings. The molecule has 0 spiro atoms. The van der Waals surface area contributed by atoms with E-state index in [1.54, 1.807) is 6.07 Å². The van der Waals surface area contributed by atoms with Crippen LogP contribution in [-0.4, -0.2) is 31.8 Å². The third-order valence-corrected chi connectivity index (χ3v) is 5.31. The maximum Gasteiger partial charge on any atom is 0.218 e. The molecule has 9 heteroatoms. The molecule has 0 bridgehead atoms. The van der Waals surface area contributed by atoms with Crippen LogP contribution >= 0.6 is 11.3 Å². The van der Waals surface area contributed by atoms with Crippen molar-refractivity contribution in [1.29, 1.82) is 5.26 Å². The number of nitrogens with one attached hydrogen (secondary N) is 1. The molecule has 4 rings (SSSR count). The average Bonchev–Trinajstić information content (AvgIpc) is 3.32. The summed E-state index contributed by atoms with van der Waals surface area (Å²) in [6.07, 6.45) is 3.00. The molecule has 28 heavy (non-hydrogen) atoms. The van der Waals surface area contributed by atoms with Gasteiger partial charge in [-0.3, -0.25) is 4.98 Å². The summed E-state index contributed by atoms with van der Waals surface area (Å²) in [6.45, 7) is 4.92. The summed E-state index contributed by atoms with van der Waals surface area (Å²) in [5.41, 5.74) is 2.31. The number of rotatable bonds is 7. The fourth-order valence-electron chi connectivity index (χ4n) is 2.93. The lowest BCUT2D eigenvalue weighted by Gasteiger charge is -2.09. The van der Waals surface area contributed by atoms with E-state index in [1.807, 2.05) is 26.1 Å². The van der Waals surface area contributed by atoms with Gasteiger partial charge >= 0.3 is 0 Å².